The molecule has 6 nitrogen and oxygen atoms in total. The molecular formula is C13H14N2O4. The van der Waals surface area contributed by atoms with E-state index in [0.717, 1.165) is 0 Å². The zero-order chi connectivity index (χ0) is 14.4. The summed E-state index contributed by atoms with van der Waals surface area (Å²) in [7, 11) is 0. The van der Waals surface area contributed by atoms with Crippen LogP contribution in [0.25, 0.3) is 0 Å². The first-order chi connectivity index (χ1) is 9.01. The number of nitrogens with zero attached hydrogens (tertiary/aromatic N) is 2. The molecular weight excluding hydrogens is 248 g/mol. The van der Waals surface area contributed by atoms with E-state index in [1.165, 1.54) is 6.07 Å². The van der Waals surface area contributed by atoms with E-state index in [1.54, 1.807) is 26.0 Å². The van der Waals surface area contributed by atoms with E-state index in [2.05, 4.69) is 0 Å². The van der Waals surface area contributed by atoms with E-state index in [-0.39, 0.29) is 18.7 Å². The number of carbonyl (C=O) groups is 1. The van der Waals surface area contributed by atoms with Crippen LogP contribution in [0.3, 0.4) is 0 Å². The van der Waals surface area contributed by atoms with E-state index in [1.807, 2.05) is 6.07 Å². The van der Waals surface area contributed by atoms with Crippen LogP contribution in [0.4, 0.5) is 5.69 Å². The highest BCUT2D eigenvalue weighted by Gasteiger charge is 2.22. The van der Waals surface area contributed by atoms with E-state index in [0.29, 0.717) is 11.1 Å². The van der Waals surface area contributed by atoms with E-state index in [4.69, 9.17) is 10.00 Å². The van der Waals surface area contributed by atoms with Gasteiger partial charge in [-0.1, -0.05) is 12.1 Å². The molecule has 0 saturated heterocycles. The molecule has 6 heteroatoms. The van der Waals surface area contributed by atoms with Crippen molar-refractivity contribution >= 4 is 11.7 Å². The normalized spacial score (nSPS) is 11.4. The lowest BCUT2D eigenvalue weighted by molar-refractivity contribution is -0.385. The van der Waals surface area contributed by atoms with Gasteiger partial charge < -0.3 is 4.74 Å². The van der Waals surface area contributed by atoms with Crippen molar-refractivity contribution in [1.82, 2.24) is 0 Å². The number of esters is 1. The molecule has 19 heavy (non-hydrogen) atoms. The maximum Gasteiger partial charge on any atom is 0.323 e. The predicted octanol–water partition coefficient (Wildman–Crippen LogP) is 2.15. The second kappa shape index (κ2) is 6.50. The molecule has 0 aliphatic heterocycles. The van der Waals surface area contributed by atoms with Gasteiger partial charge in [-0.2, -0.15) is 5.26 Å². The van der Waals surface area contributed by atoms with Crippen molar-refractivity contribution in [3.8, 4) is 6.07 Å². The number of nitro groups is 1. The van der Waals surface area contributed by atoms with Gasteiger partial charge in [0.25, 0.3) is 5.69 Å². The van der Waals surface area contributed by atoms with Crippen molar-refractivity contribution < 1.29 is 14.5 Å². The quantitative estimate of drug-likeness (QED) is 0.460. The third-order valence-corrected chi connectivity index (χ3v) is 2.77. The molecule has 0 aliphatic rings. The summed E-state index contributed by atoms with van der Waals surface area (Å²) in [5.74, 6) is -1.54. The second-order valence-electron chi connectivity index (χ2n) is 3.96. The molecule has 1 rings (SSSR count). The Morgan fingerprint density at radius 3 is 2.79 bits per heavy atom. The summed E-state index contributed by atoms with van der Waals surface area (Å²) < 4.78 is 4.79. The summed E-state index contributed by atoms with van der Waals surface area (Å²) >= 11 is 0. The number of hydrogen-bond donors (Lipinski definition) is 0. The largest absolute Gasteiger partial charge is 0.465 e. The summed E-state index contributed by atoms with van der Waals surface area (Å²) in [6, 6.07) is 6.47. The number of carbonyl (C=O) groups excluding carboxylic acids is 1. The second-order valence-corrected chi connectivity index (χ2v) is 3.96. The fourth-order valence-corrected chi connectivity index (χ4v) is 1.73. The third kappa shape index (κ3) is 3.52. The number of hydrogen-bond acceptors (Lipinski definition) is 5. The van der Waals surface area contributed by atoms with Gasteiger partial charge in [0.05, 0.1) is 17.6 Å². The van der Waals surface area contributed by atoms with Crippen molar-refractivity contribution in [2.75, 3.05) is 6.61 Å². The summed E-state index contributed by atoms with van der Waals surface area (Å²) in [4.78, 5) is 21.9. The van der Waals surface area contributed by atoms with E-state index >= 15 is 0 Å². The van der Waals surface area contributed by atoms with Crippen LogP contribution in [0, 0.1) is 34.3 Å². The molecule has 0 saturated carbocycles. The minimum absolute atomic E-state index is 0.0157. The molecule has 0 aliphatic carbocycles. The van der Waals surface area contributed by atoms with Gasteiger partial charge >= 0.3 is 5.97 Å². The average Bonchev–Trinajstić information content (AvgIpc) is 2.37. The molecule has 0 amide bonds. The Morgan fingerprint density at radius 1 is 1.58 bits per heavy atom. The Morgan fingerprint density at radius 2 is 2.26 bits per heavy atom. The zero-order valence-corrected chi connectivity index (χ0v) is 10.8. The first-order valence-corrected chi connectivity index (χ1v) is 5.80. The van der Waals surface area contributed by atoms with E-state index < -0.39 is 16.8 Å². The Kier molecular flexibility index (Phi) is 5.01. The van der Waals surface area contributed by atoms with Gasteiger partial charge in [0.15, 0.2) is 0 Å². The lowest BCUT2D eigenvalue weighted by atomic mass is 9.96. The predicted molar refractivity (Wildman–Crippen MR) is 67.3 cm³/mol. The van der Waals surface area contributed by atoms with Crippen LogP contribution in [-0.4, -0.2) is 17.5 Å². The van der Waals surface area contributed by atoms with Crippen LogP contribution >= 0.6 is 0 Å². The molecule has 0 heterocycles. The van der Waals surface area contributed by atoms with Gasteiger partial charge in [0.1, 0.15) is 5.92 Å². The summed E-state index contributed by atoms with van der Waals surface area (Å²) in [6.07, 6.45) is 0.114. The van der Waals surface area contributed by atoms with Crippen LogP contribution in [0.5, 0.6) is 0 Å². The molecule has 0 N–H and O–H groups in total. The van der Waals surface area contributed by atoms with Crippen LogP contribution in [0.2, 0.25) is 0 Å². The number of nitriles is 1. The molecule has 1 aromatic rings. The smallest absolute Gasteiger partial charge is 0.323 e. The summed E-state index contributed by atoms with van der Waals surface area (Å²) in [6.45, 7) is 3.46. The first-order valence-electron chi connectivity index (χ1n) is 5.80. The highest BCUT2D eigenvalue weighted by molar-refractivity contribution is 5.75. The minimum Gasteiger partial charge on any atom is -0.465 e. The van der Waals surface area contributed by atoms with E-state index in [9.17, 15) is 14.9 Å². The molecule has 1 unspecified atom stereocenters. The Balaban J connectivity index is 2.99. The lowest BCUT2D eigenvalue weighted by Crippen LogP contribution is -2.19. The molecule has 1 atom stereocenters. The SMILES string of the molecule is CCOC(=O)C(C#N)Cc1cccc([N+](=O)[O-])c1C. The van der Waals surface area contributed by atoms with Crippen molar-refractivity contribution in [3.05, 3.63) is 39.4 Å². The highest BCUT2D eigenvalue weighted by Crippen LogP contribution is 2.23. The monoisotopic (exact) mass is 262 g/mol. The van der Waals surface area contributed by atoms with Gasteiger partial charge in [-0.15, -0.1) is 0 Å². The summed E-state index contributed by atoms with van der Waals surface area (Å²) in [5, 5.41) is 19.8. The van der Waals surface area contributed by atoms with Gasteiger partial charge in [0, 0.05) is 11.6 Å². The number of ether oxygens (including phenoxy) is 1. The maximum atomic E-state index is 11.5. The molecule has 0 aromatic heterocycles. The lowest BCUT2D eigenvalue weighted by Gasteiger charge is -2.10. The first kappa shape index (κ1) is 14.6. The number of nitro benzene ring substituents is 1. The van der Waals surface area contributed by atoms with Crippen molar-refractivity contribution in [2.45, 2.75) is 20.3 Å². The number of rotatable bonds is 5. The van der Waals surface area contributed by atoms with Gasteiger partial charge in [0.2, 0.25) is 0 Å². The van der Waals surface area contributed by atoms with Crippen LogP contribution in [-0.2, 0) is 16.0 Å². The van der Waals surface area contributed by atoms with Crippen LogP contribution < -0.4 is 0 Å². The molecule has 0 spiro atoms. The Hall–Kier alpha value is -2.42. The van der Waals surface area contributed by atoms with Gasteiger partial charge in [-0.3, -0.25) is 14.9 Å². The number of benzene rings is 1. The molecule has 0 radical (unpaired) electrons. The third-order valence-electron chi connectivity index (χ3n) is 2.77. The van der Waals surface area contributed by atoms with Gasteiger partial charge in [-0.05, 0) is 25.8 Å². The Bertz CT molecular complexity index is 534. The van der Waals surface area contributed by atoms with Crippen molar-refractivity contribution in [1.29, 1.82) is 5.26 Å². The zero-order valence-electron chi connectivity index (χ0n) is 10.8. The van der Waals surface area contributed by atoms with Crippen LogP contribution in [0.1, 0.15) is 18.1 Å². The van der Waals surface area contributed by atoms with Crippen molar-refractivity contribution in [3.63, 3.8) is 0 Å². The summed E-state index contributed by atoms with van der Waals surface area (Å²) in [5.41, 5.74) is 1.06. The minimum atomic E-state index is -0.944. The molecule has 100 valence electrons. The van der Waals surface area contributed by atoms with Crippen LogP contribution in [0.15, 0.2) is 18.2 Å². The van der Waals surface area contributed by atoms with Crippen molar-refractivity contribution in [2.24, 2.45) is 5.92 Å². The fraction of sp³-hybridized carbons (Fsp3) is 0.385. The standard InChI is InChI=1S/C13H14N2O4/c1-3-19-13(16)11(8-14)7-10-5-4-6-12(9(10)2)15(17)18/h4-6,11H,3,7H2,1-2H3. The maximum absolute atomic E-state index is 11.5. The molecule has 1 aromatic carbocycles. The fourth-order valence-electron chi connectivity index (χ4n) is 1.73. The molecule has 0 fully saturated rings. The van der Waals surface area contributed by atoms with Gasteiger partial charge in [-0.25, -0.2) is 0 Å². The Labute approximate surface area is 110 Å². The highest BCUT2D eigenvalue weighted by atomic mass is 16.6. The molecule has 0 bridgehead atoms. The topological polar surface area (TPSA) is 93.2 Å². The average molecular weight is 262 g/mol.